The van der Waals surface area contributed by atoms with E-state index in [1.165, 1.54) is 64.7 Å². The number of amides is 2. The van der Waals surface area contributed by atoms with Crippen molar-refractivity contribution >= 4 is 43.5 Å². The lowest BCUT2D eigenvalue weighted by atomic mass is 10.0. The Hall–Kier alpha value is -4.75. The normalized spacial score (nSPS) is 11.6. The first-order valence-corrected chi connectivity index (χ1v) is 17.1. The van der Waals surface area contributed by atoms with Gasteiger partial charge in [0.1, 0.15) is 24.1 Å². The van der Waals surface area contributed by atoms with Crippen molar-refractivity contribution in [3.8, 4) is 23.0 Å². The molecule has 4 aromatic rings. The molecule has 0 spiro atoms. The Morgan fingerprint density at radius 1 is 0.771 bits per heavy atom. The number of hydrogen-bond donors (Lipinski definition) is 1. The van der Waals surface area contributed by atoms with Crippen LogP contribution in [0.2, 0.25) is 0 Å². The molecule has 4 aromatic carbocycles. The quantitative estimate of drug-likeness (QED) is 0.180. The smallest absolute Gasteiger partial charge is 0.265 e. The van der Waals surface area contributed by atoms with Gasteiger partial charge in [0.05, 0.1) is 39.0 Å². The molecular weight excluding hydrogens is 702 g/mol. The van der Waals surface area contributed by atoms with Crippen molar-refractivity contribution in [3.05, 3.63) is 107 Å². The van der Waals surface area contributed by atoms with Gasteiger partial charge in [-0.15, -0.1) is 0 Å². The predicted octanol–water partition coefficient (Wildman–Crippen LogP) is 5.06. The highest BCUT2D eigenvalue weighted by Gasteiger charge is 2.36. The number of rotatable bonds is 15. The van der Waals surface area contributed by atoms with Crippen LogP contribution in [0.1, 0.15) is 11.1 Å². The molecule has 0 bridgehead atoms. The fourth-order valence-electron chi connectivity index (χ4n) is 5.16. The summed E-state index contributed by atoms with van der Waals surface area (Å²) in [5.41, 5.74) is 1.61. The van der Waals surface area contributed by atoms with Gasteiger partial charge in [-0.2, -0.15) is 0 Å². The first-order chi connectivity index (χ1) is 23.1. The van der Waals surface area contributed by atoms with E-state index in [4.69, 9.17) is 18.9 Å². The maximum atomic E-state index is 14.6. The Labute approximate surface area is 289 Å². The van der Waals surface area contributed by atoms with Gasteiger partial charge in [-0.05, 0) is 47.5 Å². The predicted molar refractivity (Wildman–Crippen MR) is 186 cm³/mol. The Kier molecular flexibility index (Phi) is 12.3. The topological polar surface area (TPSA) is 124 Å². The Morgan fingerprint density at radius 3 is 2.06 bits per heavy atom. The zero-order chi connectivity index (χ0) is 34.8. The minimum absolute atomic E-state index is 0.0166. The summed E-state index contributed by atoms with van der Waals surface area (Å²) in [6.45, 7) is -0.667. The van der Waals surface area contributed by atoms with Crippen molar-refractivity contribution < 1.29 is 37.0 Å². The van der Waals surface area contributed by atoms with Crippen molar-refractivity contribution in [2.45, 2.75) is 23.9 Å². The Balaban J connectivity index is 1.88. The summed E-state index contributed by atoms with van der Waals surface area (Å²) in [5.74, 6) is -0.0138. The van der Waals surface area contributed by atoms with Crippen LogP contribution in [0.15, 0.2) is 100 Å². The van der Waals surface area contributed by atoms with Gasteiger partial charge in [-0.25, -0.2) is 8.42 Å². The monoisotopic (exact) mass is 739 g/mol. The van der Waals surface area contributed by atoms with Crippen LogP contribution >= 0.6 is 15.9 Å². The lowest BCUT2D eigenvalue weighted by Crippen LogP contribution is -2.53. The minimum Gasteiger partial charge on any atom is -0.497 e. The number of ether oxygens (including phenoxy) is 4. The molecule has 11 nitrogen and oxygen atoms in total. The van der Waals surface area contributed by atoms with E-state index in [0.717, 1.165) is 19.9 Å². The second-order valence-corrected chi connectivity index (χ2v) is 13.3. The number of carbonyl (C=O) groups excluding carboxylic acids is 2. The summed E-state index contributed by atoms with van der Waals surface area (Å²) in [4.78, 5) is 29.4. The second kappa shape index (κ2) is 16.4. The fraction of sp³-hybridized carbons (Fsp3) is 0.257. The van der Waals surface area contributed by atoms with Gasteiger partial charge in [-0.3, -0.25) is 13.9 Å². The van der Waals surface area contributed by atoms with Gasteiger partial charge < -0.3 is 29.2 Å². The number of anilines is 1. The molecule has 0 saturated carbocycles. The van der Waals surface area contributed by atoms with Crippen LogP contribution in [0.5, 0.6) is 23.0 Å². The number of hydrogen-bond acceptors (Lipinski definition) is 8. The van der Waals surface area contributed by atoms with Crippen molar-refractivity contribution in [2.24, 2.45) is 0 Å². The number of halogens is 1. The molecule has 1 N–H and O–H groups in total. The molecule has 0 aliphatic heterocycles. The van der Waals surface area contributed by atoms with Crippen LogP contribution in [0, 0.1) is 0 Å². The molecule has 0 heterocycles. The lowest BCUT2D eigenvalue weighted by molar-refractivity contribution is -0.139. The number of methoxy groups -OCH3 is 4. The molecule has 0 unspecified atom stereocenters. The number of carbonyl (C=O) groups is 2. The van der Waals surface area contributed by atoms with E-state index in [1.807, 2.05) is 54.6 Å². The number of nitrogens with zero attached hydrogens (tertiary/aromatic N) is 2. The highest BCUT2D eigenvalue weighted by molar-refractivity contribution is 9.10. The van der Waals surface area contributed by atoms with Crippen LogP contribution in [0.3, 0.4) is 0 Å². The van der Waals surface area contributed by atoms with Gasteiger partial charge in [0.2, 0.25) is 11.8 Å². The fourth-order valence-corrected chi connectivity index (χ4v) is 7.04. The van der Waals surface area contributed by atoms with Gasteiger partial charge in [0.15, 0.2) is 11.5 Å². The summed E-state index contributed by atoms with van der Waals surface area (Å²) in [7, 11) is 2.70. The van der Waals surface area contributed by atoms with Gasteiger partial charge in [-0.1, -0.05) is 58.4 Å². The number of nitrogens with one attached hydrogen (secondary N) is 1. The molecule has 0 aromatic heterocycles. The number of sulfonamides is 1. The molecule has 254 valence electrons. The van der Waals surface area contributed by atoms with Crippen LogP contribution in [-0.2, 0) is 32.6 Å². The molecule has 0 aliphatic rings. The van der Waals surface area contributed by atoms with Crippen LogP contribution in [0.25, 0.3) is 0 Å². The first kappa shape index (κ1) is 36.1. The molecule has 48 heavy (non-hydrogen) atoms. The van der Waals surface area contributed by atoms with E-state index in [9.17, 15) is 18.0 Å². The zero-order valence-electron chi connectivity index (χ0n) is 27.3. The van der Waals surface area contributed by atoms with Crippen LogP contribution < -0.4 is 28.6 Å². The van der Waals surface area contributed by atoms with Crippen molar-refractivity contribution in [2.75, 3.05) is 46.3 Å². The van der Waals surface area contributed by atoms with E-state index in [2.05, 4.69) is 21.2 Å². The summed E-state index contributed by atoms with van der Waals surface area (Å²) >= 11 is 3.48. The van der Waals surface area contributed by atoms with Crippen molar-refractivity contribution in [3.63, 3.8) is 0 Å². The van der Waals surface area contributed by atoms with Gasteiger partial charge >= 0.3 is 0 Å². The van der Waals surface area contributed by atoms with Crippen LogP contribution in [-0.4, -0.2) is 73.2 Å². The van der Waals surface area contributed by atoms with E-state index in [0.29, 0.717) is 11.5 Å². The Morgan fingerprint density at radius 2 is 1.44 bits per heavy atom. The average Bonchev–Trinajstić information content (AvgIpc) is 3.11. The third-order valence-corrected chi connectivity index (χ3v) is 9.88. The van der Waals surface area contributed by atoms with E-state index >= 15 is 0 Å². The highest BCUT2D eigenvalue weighted by atomic mass is 79.9. The number of likely N-dealkylation sites (N-methyl/N-ethyl adjacent to an activating group) is 1. The van der Waals surface area contributed by atoms with Gasteiger partial charge in [0.25, 0.3) is 10.0 Å². The third kappa shape index (κ3) is 8.39. The summed E-state index contributed by atoms with van der Waals surface area (Å²) in [6, 6.07) is 24.5. The maximum absolute atomic E-state index is 14.6. The summed E-state index contributed by atoms with van der Waals surface area (Å²) in [5, 5.41) is 2.68. The largest absolute Gasteiger partial charge is 0.497 e. The Bertz CT molecular complexity index is 1840. The minimum atomic E-state index is -4.48. The standard InChI is InChI=1S/C35H38BrN3O8S/c1-37-35(41)30(19-24-10-7-6-8-11-24)38(22-25-12-9-13-26(36)18-25)34(40)23-39(29-20-27(44-2)14-16-31(29)45-3)48(42,43)28-15-17-32(46-4)33(21-28)47-5/h6-18,20-21,30H,19,22-23H2,1-5H3,(H,37,41)/t30-/m0/s1. The number of benzene rings is 4. The van der Waals surface area contributed by atoms with E-state index in [-0.39, 0.29) is 35.0 Å². The zero-order valence-corrected chi connectivity index (χ0v) is 29.7. The van der Waals surface area contributed by atoms with Gasteiger partial charge in [0, 0.05) is 36.6 Å². The lowest BCUT2D eigenvalue weighted by Gasteiger charge is -2.34. The van der Waals surface area contributed by atoms with E-state index in [1.54, 1.807) is 12.1 Å². The average molecular weight is 741 g/mol. The maximum Gasteiger partial charge on any atom is 0.265 e. The molecule has 13 heteroatoms. The van der Waals surface area contributed by atoms with Crippen molar-refractivity contribution in [1.29, 1.82) is 0 Å². The molecule has 0 radical (unpaired) electrons. The molecule has 4 rings (SSSR count). The highest BCUT2D eigenvalue weighted by Crippen LogP contribution is 2.38. The van der Waals surface area contributed by atoms with Crippen molar-refractivity contribution in [1.82, 2.24) is 10.2 Å². The van der Waals surface area contributed by atoms with Crippen LogP contribution in [0.4, 0.5) is 5.69 Å². The molecule has 0 aliphatic carbocycles. The summed E-state index contributed by atoms with van der Waals surface area (Å²) < 4.78 is 52.5. The first-order valence-electron chi connectivity index (χ1n) is 14.8. The summed E-state index contributed by atoms with van der Waals surface area (Å²) in [6.07, 6.45) is 0.186. The SMILES string of the molecule is CNC(=O)[C@H](Cc1ccccc1)N(Cc1cccc(Br)c1)C(=O)CN(c1cc(OC)ccc1OC)S(=O)(=O)c1ccc(OC)c(OC)c1. The second-order valence-electron chi connectivity index (χ2n) is 10.5. The molecule has 1 atom stereocenters. The molecular formula is C35H38BrN3O8S. The molecule has 2 amide bonds. The molecule has 0 saturated heterocycles. The molecule has 0 fully saturated rings. The van der Waals surface area contributed by atoms with E-state index < -0.39 is 34.4 Å². The third-order valence-electron chi connectivity index (χ3n) is 7.64.